The lowest BCUT2D eigenvalue weighted by Crippen LogP contribution is -2.41. The van der Waals surface area contributed by atoms with Crippen LogP contribution in [0.1, 0.15) is 268 Å². The van der Waals surface area contributed by atoms with Crippen molar-refractivity contribution in [1.29, 1.82) is 0 Å². The highest BCUT2D eigenvalue weighted by Gasteiger charge is 2.27. The van der Waals surface area contributed by atoms with Crippen LogP contribution in [0.5, 0.6) is 0 Å². The largest absolute Gasteiger partial charge is 0.348 e. The number of allylic oxidation sites excluding steroid dienone is 3. The Morgan fingerprint density at radius 2 is 0.787 bits per heavy atom. The molecular weight excluding hydrogens is 1570 g/mol. The van der Waals surface area contributed by atoms with Crippen LogP contribution in [0.3, 0.4) is 0 Å². The van der Waals surface area contributed by atoms with E-state index in [4.69, 9.17) is 6.42 Å². The Morgan fingerprint density at radius 3 is 1.08 bits per heavy atom. The number of halogens is 3. The number of hydrogen-bond acceptors (Lipinski definition) is 15. The van der Waals surface area contributed by atoms with Crippen LogP contribution in [-0.4, -0.2) is 248 Å². The van der Waals surface area contributed by atoms with Gasteiger partial charge in [0.05, 0.1) is 5.01 Å². The standard InChI is InChI=1S/C14H26N2O.C13H26N2O.C12H24N2O.C11H18FNO.C10H16FNO.C10H20N2O.C9H16FNO.C9H14N2OS.C7H11NO/c1-7-10-16(12-14(2,3)4)13(17)9-8-11-15(5)6;1-7-15(11-13(2,3)4)12(16)9-8-10-14(5)6;1-12(2,3)10-14(6)11(15)8-7-9-13(4)5;1-11(2,3)13-10(14)8-6-4-5-7-9(8)12;1-10(2,3)12-9(13)7-5-4-6-8(7)11;1-10(2,3)11-9(13)7-6-8-12(4)5;1-6(7(2)10)8(12)11-9(3,4)5;1-6-10-7(5-13-6)8(12)11-9(2,3)4;1-5-6(9)8-7(2,3)4/h7-9H,1,10-12H2,2-6H3;8-9H,7,10-11H2,1-6H3;7-8H,9-10H2,1-6H3;4-7H2,1-3H3,(H,13,14);4-6H2,1-3H3,(H,12,13);6-7H,8H2,1-5H3,(H,11,13);1-5H3,(H,11,12);5H,1-4H3,(H,11,12);1H,2-4H3,(H,8,9)/b2*9-8+;8-7+;;;7-6+;7-6-;;. The van der Waals surface area contributed by atoms with Crippen LogP contribution < -0.4 is 31.9 Å². The van der Waals surface area contributed by atoms with Gasteiger partial charge in [0.25, 0.3) is 11.8 Å². The molecule has 0 saturated heterocycles. The molecule has 0 bridgehead atoms. The quantitative estimate of drug-likeness (QED) is 0.0358. The molecule has 0 aromatic carbocycles. The van der Waals surface area contributed by atoms with Gasteiger partial charge in [-0.05, 0) is 276 Å². The predicted molar refractivity (Wildman–Crippen MR) is 506 cm³/mol. The number of carbonyl (C=O) groups is 9. The molecule has 0 spiro atoms. The molecule has 3 rings (SSSR count). The lowest BCUT2D eigenvalue weighted by atomic mass is 9.96. The molecule has 0 atom stereocenters. The zero-order valence-corrected chi connectivity index (χ0v) is 84.5. The number of nitrogens with zero attached hydrogens (tertiary/aromatic N) is 8. The lowest BCUT2D eigenvalue weighted by molar-refractivity contribution is -0.127. The van der Waals surface area contributed by atoms with E-state index in [0.717, 1.165) is 76.6 Å². The Balaban J connectivity index is -0.000000311. The summed E-state index contributed by atoms with van der Waals surface area (Å²) >= 11 is 1.49. The third kappa shape index (κ3) is 81.6. The number of rotatable bonds is 22. The molecule has 1 aromatic heterocycles. The summed E-state index contributed by atoms with van der Waals surface area (Å²) in [6.45, 7) is 70.7. The predicted octanol–water partition coefficient (Wildman–Crippen LogP) is 16.5. The maximum absolute atomic E-state index is 13.3. The van der Waals surface area contributed by atoms with E-state index in [0.29, 0.717) is 49.1 Å². The maximum Gasteiger partial charge on any atom is 0.296 e. The highest BCUT2D eigenvalue weighted by molar-refractivity contribution is 7.09. The summed E-state index contributed by atoms with van der Waals surface area (Å²) in [6, 6.07) is 0. The molecule has 2 aliphatic carbocycles. The van der Waals surface area contributed by atoms with Crippen molar-refractivity contribution < 1.29 is 56.3 Å². The van der Waals surface area contributed by atoms with Gasteiger partial charge in [0.2, 0.25) is 41.4 Å². The van der Waals surface area contributed by atoms with Gasteiger partial charge in [-0.2, -0.15) is 0 Å². The first-order valence-electron chi connectivity index (χ1n) is 42.0. The van der Waals surface area contributed by atoms with Crippen molar-refractivity contribution in [2.45, 2.75) is 293 Å². The molecule has 0 fully saturated rings. The summed E-state index contributed by atoms with van der Waals surface area (Å²) < 4.78 is 38.9. The average molecular weight is 1740 g/mol. The van der Waals surface area contributed by atoms with Crippen LogP contribution in [0.15, 0.2) is 101 Å². The number of hydrogen-bond donors (Lipinski definition) is 6. The summed E-state index contributed by atoms with van der Waals surface area (Å²) in [4.78, 5) is 121. The van der Waals surface area contributed by atoms with Crippen molar-refractivity contribution >= 4 is 64.5 Å². The molecule has 0 radical (unpaired) electrons. The van der Waals surface area contributed by atoms with Crippen LogP contribution in [0, 0.1) is 35.5 Å². The van der Waals surface area contributed by atoms with Crippen LogP contribution in [0.4, 0.5) is 13.2 Å². The smallest absolute Gasteiger partial charge is 0.296 e. The highest BCUT2D eigenvalue weighted by atomic mass is 32.1. The Morgan fingerprint density at radius 1 is 0.459 bits per heavy atom. The van der Waals surface area contributed by atoms with Crippen LogP contribution in [0.2, 0.25) is 0 Å². The monoisotopic (exact) mass is 1740 g/mol. The minimum Gasteiger partial charge on any atom is -0.348 e. The molecule has 6 N–H and O–H groups in total. The summed E-state index contributed by atoms with van der Waals surface area (Å²) in [5.41, 5.74) is 0.304. The Labute approximate surface area is 743 Å². The van der Waals surface area contributed by atoms with E-state index in [2.05, 4.69) is 106 Å². The molecule has 9 amide bonds. The number of terminal acetylenes is 1. The first-order valence-corrected chi connectivity index (χ1v) is 42.9. The van der Waals surface area contributed by atoms with Gasteiger partial charge in [-0.25, -0.2) is 18.2 Å². The van der Waals surface area contributed by atoms with Gasteiger partial charge in [-0.1, -0.05) is 92.7 Å². The van der Waals surface area contributed by atoms with Gasteiger partial charge in [0.1, 0.15) is 23.2 Å². The van der Waals surface area contributed by atoms with Gasteiger partial charge in [0, 0.05) is 146 Å². The molecule has 122 heavy (non-hydrogen) atoms. The van der Waals surface area contributed by atoms with E-state index < -0.39 is 5.83 Å². The molecule has 0 unspecified atom stereocenters. The lowest BCUT2D eigenvalue weighted by Gasteiger charge is -2.28. The Kier molecular flexibility index (Phi) is 61.9. The SMILES string of the molecule is C#CC(=O)NC(C)(C)C.C/C(F)=C(\C)C(=O)NC(C)(C)C.C=CCN(CC(C)(C)C)C(=O)/C=C/CN(C)C.CC(C)(C)NC(=O)C1=C(F)CCC1.CC(C)(C)NC(=O)C1=C(F)CCCC1.CCN(CC(C)(C)C)C(=O)/C=C/CN(C)C.CN(C)C/C=C/C(=O)N(C)CC(C)(C)C.CN(C)C/C=C/C(=O)NC(C)(C)C.Cc1nc(C(=O)NC(C)(C)C)cs1. The summed E-state index contributed by atoms with van der Waals surface area (Å²) in [6.07, 6.45) is 25.2. The highest BCUT2D eigenvalue weighted by Crippen LogP contribution is 2.28. The van der Waals surface area contributed by atoms with Crippen molar-refractivity contribution in [3.63, 3.8) is 0 Å². The topological polar surface area (TPSA) is 261 Å². The number of carbonyl (C=O) groups excluding carboxylic acids is 9. The zero-order chi connectivity index (χ0) is 97.1. The minimum absolute atomic E-state index is 0.0330. The molecule has 702 valence electrons. The van der Waals surface area contributed by atoms with Crippen LogP contribution in [-0.2, 0) is 38.4 Å². The average Bonchev–Trinajstić information content (AvgIpc) is 1.86. The minimum atomic E-state index is -0.434. The molecular formula is C95H171F3N14O9S. The van der Waals surface area contributed by atoms with Crippen molar-refractivity contribution in [1.82, 2.24) is 71.2 Å². The van der Waals surface area contributed by atoms with E-state index in [1.54, 1.807) is 40.7 Å². The van der Waals surface area contributed by atoms with Crippen LogP contribution >= 0.6 is 11.3 Å². The first kappa shape index (κ1) is 125. The maximum atomic E-state index is 13.3. The van der Waals surface area contributed by atoms with Gasteiger partial charge < -0.3 is 66.2 Å². The van der Waals surface area contributed by atoms with E-state index in [-0.39, 0.29) is 120 Å². The second kappa shape index (κ2) is 60.5. The summed E-state index contributed by atoms with van der Waals surface area (Å²) in [5, 5.41) is 19.2. The second-order valence-electron chi connectivity index (χ2n) is 41.0. The van der Waals surface area contributed by atoms with Crippen molar-refractivity contribution in [3.8, 4) is 12.3 Å². The number of nitrogens with one attached hydrogen (secondary N) is 6. The molecule has 27 heteroatoms. The van der Waals surface area contributed by atoms with E-state index in [1.165, 1.54) is 25.2 Å². The fraction of sp³-hybridized carbons (Fsp3) is 0.684. The van der Waals surface area contributed by atoms with Crippen molar-refractivity contribution in [3.05, 3.63) is 112 Å². The molecule has 0 aliphatic heterocycles. The fourth-order valence-electron chi connectivity index (χ4n) is 9.60. The number of aromatic nitrogens is 1. The molecule has 1 heterocycles. The third-order valence-corrected chi connectivity index (χ3v) is 15.4. The van der Waals surface area contributed by atoms with E-state index >= 15 is 0 Å². The van der Waals surface area contributed by atoms with Crippen molar-refractivity contribution in [2.75, 3.05) is 122 Å². The normalized spacial score (nSPS) is 13.5. The van der Waals surface area contributed by atoms with Gasteiger partial charge >= 0.3 is 0 Å². The van der Waals surface area contributed by atoms with E-state index in [9.17, 15) is 56.3 Å². The number of likely N-dealkylation sites (N-methyl/N-ethyl adjacent to an activating group) is 6. The molecule has 1 aromatic rings. The molecule has 2 aliphatic rings. The Bertz CT molecular complexity index is 3580. The number of thiazole rings is 1. The van der Waals surface area contributed by atoms with Gasteiger partial charge in [0.15, 0.2) is 0 Å². The Hall–Kier alpha value is -8.03. The molecule has 23 nitrogen and oxygen atoms in total. The zero-order valence-electron chi connectivity index (χ0n) is 83.7. The summed E-state index contributed by atoms with van der Waals surface area (Å²) in [5.74, 6) is -0.00296. The first-order chi connectivity index (χ1) is 54.9. The van der Waals surface area contributed by atoms with Crippen molar-refractivity contribution in [2.24, 2.45) is 16.2 Å². The van der Waals surface area contributed by atoms with Crippen LogP contribution in [0.25, 0.3) is 0 Å². The number of amides is 9. The van der Waals surface area contributed by atoms with Gasteiger partial charge in [-0.3, -0.25) is 43.2 Å². The molecule has 0 saturated carbocycles. The fourth-order valence-corrected chi connectivity index (χ4v) is 10.2. The second-order valence-corrected chi connectivity index (χ2v) is 42.1. The summed E-state index contributed by atoms with van der Waals surface area (Å²) in [7, 11) is 17.7. The number of aryl methyl sites for hydroxylation is 1. The third-order valence-electron chi connectivity index (χ3n) is 14.6. The van der Waals surface area contributed by atoms with Gasteiger partial charge in [-0.15, -0.1) is 24.3 Å². The van der Waals surface area contributed by atoms with E-state index in [1.807, 2.05) is 262 Å².